The molecule has 0 atom stereocenters. The first-order valence-electron chi connectivity index (χ1n) is 10.8. The predicted octanol–water partition coefficient (Wildman–Crippen LogP) is 5.66. The van der Waals surface area contributed by atoms with Crippen molar-refractivity contribution in [3.63, 3.8) is 0 Å². The molecule has 1 rings (SSSR count). The highest BCUT2D eigenvalue weighted by molar-refractivity contribution is 5.94. The van der Waals surface area contributed by atoms with Gasteiger partial charge in [0, 0.05) is 18.7 Å². The van der Waals surface area contributed by atoms with Gasteiger partial charge in [-0.1, -0.05) is 89.8 Å². The van der Waals surface area contributed by atoms with Crippen LogP contribution in [0.2, 0.25) is 0 Å². The van der Waals surface area contributed by atoms with Crippen LogP contribution >= 0.6 is 0 Å². The summed E-state index contributed by atoms with van der Waals surface area (Å²) in [5.74, 6) is 0.0283. The van der Waals surface area contributed by atoms with E-state index >= 15 is 0 Å². The molecule has 1 aromatic carbocycles. The molecule has 1 N–H and O–H groups in total. The van der Waals surface area contributed by atoms with Crippen LogP contribution in [0.25, 0.3) is 0 Å². The van der Waals surface area contributed by atoms with Gasteiger partial charge in [-0.05, 0) is 31.6 Å². The molecule has 148 valence electrons. The van der Waals surface area contributed by atoms with Crippen LogP contribution in [0.4, 0.5) is 0 Å². The second-order valence-electron chi connectivity index (χ2n) is 7.24. The van der Waals surface area contributed by atoms with Gasteiger partial charge in [-0.25, -0.2) is 0 Å². The molecular formula is C23H40N2O. The van der Waals surface area contributed by atoms with Gasteiger partial charge in [-0.2, -0.15) is 0 Å². The van der Waals surface area contributed by atoms with Crippen LogP contribution in [0, 0.1) is 0 Å². The van der Waals surface area contributed by atoms with E-state index in [4.69, 9.17) is 0 Å². The number of nitrogens with one attached hydrogen (secondary N) is 1. The molecule has 0 aliphatic rings. The standard InChI is InChI=1S/C23H40N2O/c1-3-5-6-7-8-9-10-11-12-16-20-25(4-2)21-19-24-23(26)22-17-14-13-15-18-22/h13-15,17-18H,3-12,16,19-21H2,1-2H3,(H,24,26). The Labute approximate surface area is 161 Å². The first-order chi connectivity index (χ1) is 12.8. The zero-order chi connectivity index (χ0) is 18.9. The second-order valence-corrected chi connectivity index (χ2v) is 7.24. The Morgan fingerprint density at radius 3 is 1.96 bits per heavy atom. The lowest BCUT2D eigenvalue weighted by atomic mass is 10.1. The number of carbonyl (C=O) groups is 1. The topological polar surface area (TPSA) is 32.3 Å². The molecule has 1 amide bonds. The van der Waals surface area contributed by atoms with Gasteiger partial charge in [0.05, 0.1) is 0 Å². The molecule has 0 bridgehead atoms. The van der Waals surface area contributed by atoms with E-state index in [1.54, 1.807) is 0 Å². The van der Waals surface area contributed by atoms with E-state index in [9.17, 15) is 4.79 Å². The molecule has 0 fully saturated rings. The third-order valence-electron chi connectivity index (χ3n) is 5.02. The third kappa shape index (κ3) is 11.3. The van der Waals surface area contributed by atoms with E-state index < -0.39 is 0 Å². The van der Waals surface area contributed by atoms with E-state index in [-0.39, 0.29) is 5.91 Å². The van der Waals surface area contributed by atoms with Crippen LogP contribution in [0.3, 0.4) is 0 Å². The molecule has 0 heterocycles. The lowest BCUT2D eigenvalue weighted by Crippen LogP contribution is -2.35. The lowest BCUT2D eigenvalue weighted by Gasteiger charge is -2.20. The molecule has 3 heteroatoms. The molecule has 0 unspecified atom stereocenters. The number of likely N-dealkylation sites (N-methyl/N-ethyl adjacent to an activating group) is 1. The van der Waals surface area contributed by atoms with Crippen LogP contribution < -0.4 is 5.32 Å². The highest BCUT2D eigenvalue weighted by Crippen LogP contribution is 2.10. The van der Waals surface area contributed by atoms with Crippen LogP contribution in [-0.4, -0.2) is 37.0 Å². The summed E-state index contributed by atoms with van der Waals surface area (Å²) < 4.78 is 0. The summed E-state index contributed by atoms with van der Waals surface area (Å²) in [5.41, 5.74) is 0.741. The monoisotopic (exact) mass is 360 g/mol. The first kappa shape index (κ1) is 22.7. The second kappa shape index (κ2) is 15.9. The zero-order valence-corrected chi connectivity index (χ0v) is 17.1. The van der Waals surface area contributed by atoms with Crippen LogP contribution in [0.1, 0.15) is 88.4 Å². The SMILES string of the molecule is CCCCCCCCCCCCN(CC)CCNC(=O)c1ccccc1. The van der Waals surface area contributed by atoms with Gasteiger partial charge in [0.2, 0.25) is 0 Å². The normalized spacial score (nSPS) is 11.0. The van der Waals surface area contributed by atoms with E-state index in [0.29, 0.717) is 0 Å². The minimum Gasteiger partial charge on any atom is -0.351 e. The summed E-state index contributed by atoms with van der Waals surface area (Å²) in [6, 6.07) is 9.45. The van der Waals surface area contributed by atoms with E-state index in [0.717, 1.165) is 31.7 Å². The maximum absolute atomic E-state index is 12.0. The largest absolute Gasteiger partial charge is 0.351 e. The molecule has 0 saturated carbocycles. The number of benzene rings is 1. The van der Waals surface area contributed by atoms with Gasteiger partial charge < -0.3 is 10.2 Å². The van der Waals surface area contributed by atoms with E-state index in [1.807, 2.05) is 30.3 Å². The van der Waals surface area contributed by atoms with Gasteiger partial charge in [-0.3, -0.25) is 4.79 Å². The smallest absolute Gasteiger partial charge is 0.251 e. The Bertz CT molecular complexity index is 447. The van der Waals surface area contributed by atoms with Crippen molar-refractivity contribution in [2.45, 2.75) is 78.1 Å². The van der Waals surface area contributed by atoms with Crippen molar-refractivity contribution in [1.82, 2.24) is 10.2 Å². The van der Waals surface area contributed by atoms with Crippen molar-refractivity contribution >= 4 is 5.91 Å². The van der Waals surface area contributed by atoms with Crippen molar-refractivity contribution in [2.24, 2.45) is 0 Å². The molecule has 0 saturated heterocycles. The quantitative estimate of drug-likeness (QED) is 0.386. The predicted molar refractivity (Wildman–Crippen MR) is 113 cm³/mol. The minimum atomic E-state index is 0.0283. The van der Waals surface area contributed by atoms with Gasteiger partial charge in [0.1, 0.15) is 0 Å². The van der Waals surface area contributed by atoms with Gasteiger partial charge in [-0.15, -0.1) is 0 Å². The third-order valence-corrected chi connectivity index (χ3v) is 5.02. The van der Waals surface area contributed by atoms with Crippen molar-refractivity contribution in [2.75, 3.05) is 26.2 Å². The van der Waals surface area contributed by atoms with Gasteiger partial charge in [0.25, 0.3) is 5.91 Å². The van der Waals surface area contributed by atoms with Gasteiger partial charge in [0.15, 0.2) is 0 Å². The molecule has 0 radical (unpaired) electrons. The molecule has 0 spiro atoms. The summed E-state index contributed by atoms with van der Waals surface area (Å²) >= 11 is 0. The van der Waals surface area contributed by atoms with Crippen molar-refractivity contribution in [3.05, 3.63) is 35.9 Å². The Hall–Kier alpha value is -1.35. The average Bonchev–Trinajstić information content (AvgIpc) is 2.68. The highest BCUT2D eigenvalue weighted by Gasteiger charge is 2.06. The maximum atomic E-state index is 12.0. The fraction of sp³-hybridized carbons (Fsp3) is 0.696. The van der Waals surface area contributed by atoms with Crippen LogP contribution in [0.15, 0.2) is 30.3 Å². The van der Waals surface area contributed by atoms with E-state index in [1.165, 1.54) is 64.2 Å². The van der Waals surface area contributed by atoms with Crippen molar-refractivity contribution in [3.8, 4) is 0 Å². The molecular weight excluding hydrogens is 320 g/mol. The maximum Gasteiger partial charge on any atom is 0.251 e. The summed E-state index contributed by atoms with van der Waals surface area (Å²) in [4.78, 5) is 14.5. The first-order valence-corrected chi connectivity index (χ1v) is 10.8. The number of amides is 1. The lowest BCUT2D eigenvalue weighted by molar-refractivity contribution is 0.0948. The summed E-state index contributed by atoms with van der Waals surface area (Å²) in [6.07, 6.45) is 13.8. The summed E-state index contributed by atoms with van der Waals surface area (Å²) in [7, 11) is 0. The number of carbonyl (C=O) groups excluding carboxylic acids is 1. The Balaban J connectivity index is 1.99. The van der Waals surface area contributed by atoms with Crippen molar-refractivity contribution in [1.29, 1.82) is 0 Å². The molecule has 0 aliphatic carbocycles. The number of nitrogens with zero attached hydrogens (tertiary/aromatic N) is 1. The molecule has 26 heavy (non-hydrogen) atoms. The van der Waals surface area contributed by atoms with Crippen molar-refractivity contribution < 1.29 is 4.79 Å². The molecule has 0 aliphatic heterocycles. The fourth-order valence-electron chi connectivity index (χ4n) is 3.27. The van der Waals surface area contributed by atoms with E-state index in [2.05, 4.69) is 24.1 Å². The van der Waals surface area contributed by atoms with Gasteiger partial charge >= 0.3 is 0 Å². The number of hydrogen-bond acceptors (Lipinski definition) is 2. The van der Waals surface area contributed by atoms with Crippen LogP contribution in [-0.2, 0) is 0 Å². The number of unbranched alkanes of at least 4 members (excludes halogenated alkanes) is 9. The summed E-state index contributed by atoms with van der Waals surface area (Å²) in [6.45, 7) is 8.34. The van der Waals surface area contributed by atoms with Crippen LogP contribution in [0.5, 0.6) is 0 Å². The Kier molecular flexibility index (Phi) is 13.8. The molecule has 3 nitrogen and oxygen atoms in total. The number of hydrogen-bond donors (Lipinski definition) is 1. The molecule has 1 aromatic rings. The Morgan fingerprint density at radius 1 is 0.808 bits per heavy atom. The highest BCUT2D eigenvalue weighted by atomic mass is 16.1. The Morgan fingerprint density at radius 2 is 1.38 bits per heavy atom. The summed E-state index contributed by atoms with van der Waals surface area (Å²) in [5, 5.41) is 3.02. The number of rotatable bonds is 16. The average molecular weight is 361 g/mol. The minimum absolute atomic E-state index is 0.0283. The fourth-order valence-corrected chi connectivity index (χ4v) is 3.27. The molecule has 0 aromatic heterocycles. The zero-order valence-electron chi connectivity index (χ0n) is 17.1.